The second-order valence-electron chi connectivity index (χ2n) is 9.49. The van der Waals surface area contributed by atoms with Crippen LogP contribution in [-0.2, 0) is 4.43 Å². The van der Waals surface area contributed by atoms with E-state index in [1.54, 1.807) is 18.2 Å². The molecule has 1 aromatic rings. The van der Waals surface area contributed by atoms with Gasteiger partial charge in [-0.1, -0.05) is 52.3 Å². The third kappa shape index (κ3) is 4.87. The van der Waals surface area contributed by atoms with Crippen LogP contribution >= 0.6 is 11.6 Å². The van der Waals surface area contributed by atoms with Crippen LogP contribution in [0.1, 0.15) is 59.1 Å². The molecule has 0 heterocycles. The third-order valence-corrected chi connectivity index (χ3v) is 12.8. The zero-order valence-electron chi connectivity index (χ0n) is 18.8. The first-order valence-electron chi connectivity index (χ1n) is 11.3. The van der Waals surface area contributed by atoms with Gasteiger partial charge in [0.1, 0.15) is 5.75 Å². The van der Waals surface area contributed by atoms with Crippen molar-refractivity contribution in [2.24, 2.45) is 17.3 Å². The van der Waals surface area contributed by atoms with Gasteiger partial charge in [0, 0.05) is 18.2 Å². The molecule has 170 valence electrons. The SMILES string of the molecule is CC[Si](CC)(CC)OC(CN[C@H]1C[C@@H]2[C@H](C1)C2(C)C)c1c(Cl)cccc1OC(F)F. The van der Waals surface area contributed by atoms with Gasteiger partial charge in [0.15, 0.2) is 8.32 Å². The molecule has 30 heavy (non-hydrogen) atoms. The van der Waals surface area contributed by atoms with Crippen LogP contribution in [0.2, 0.25) is 23.2 Å². The van der Waals surface area contributed by atoms with E-state index in [-0.39, 0.29) is 5.75 Å². The molecule has 3 nitrogen and oxygen atoms in total. The van der Waals surface area contributed by atoms with Crippen LogP contribution < -0.4 is 10.1 Å². The number of ether oxygens (including phenoxy) is 1. The molecule has 2 aliphatic rings. The molecule has 2 aliphatic carbocycles. The second kappa shape index (κ2) is 9.43. The van der Waals surface area contributed by atoms with Gasteiger partial charge >= 0.3 is 6.61 Å². The summed E-state index contributed by atoms with van der Waals surface area (Å²) in [5.41, 5.74) is 1.02. The van der Waals surface area contributed by atoms with Gasteiger partial charge in [-0.25, -0.2) is 0 Å². The normalized spacial score (nSPS) is 26.0. The first-order chi connectivity index (χ1) is 14.2. The summed E-state index contributed by atoms with van der Waals surface area (Å²) >= 11 is 6.51. The maximum Gasteiger partial charge on any atom is 0.387 e. The van der Waals surface area contributed by atoms with Crippen molar-refractivity contribution in [1.29, 1.82) is 0 Å². The summed E-state index contributed by atoms with van der Waals surface area (Å²) in [6.07, 6.45) is 1.94. The van der Waals surface area contributed by atoms with Crippen LogP contribution in [0.3, 0.4) is 0 Å². The molecule has 0 bridgehead atoms. The first kappa shape index (κ1) is 24.0. The van der Waals surface area contributed by atoms with E-state index in [1.165, 1.54) is 12.8 Å². The van der Waals surface area contributed by atoms with Gasteiger partial charge in [0.2, 0.25) is 0 Å². The molecule has 2 saturated carbocycles. The smallest absolute Gasteiger partial charge is 0.387 e. The summed E-state index contributed by atoms with van der Waals surface area (Å²) in [4.78, 5) is 0. The fourth-order valence-corrected chi connectivity index (χ4v) is 8.57. The lowest BCUT2D eigenvalue weighted by molar-refractivity contribution is -0.0514. The first-order valence-corrected chi connectivity index (χ1v) is 14.2. The molecular formula is C23H36ClF2NO2Si. The Kier molecular flexibility index (Phi) is 7.53. The number of nitrogens with one attached hydrogen (secondary N) is 1. The lowest BCUT2D eigenvalue weighted by atomic mass is 9.97. The standard InChI is InChI=1S/C23H36ClF2NO2Si/c1-6-30(7-2,8-3)29-20(14-27-15-12-16-17(13-15)23(16,4)5)21-18(24)10-9-11-19(21)28-22(25)26/h9-11,15-17,20,22,27H,6-8,12-14H2,1-5H3/t15-,16+,17-,20?. The molecule has 0 amide bonds. The van der Waals surface area contributed by atoms with Crippen molar-refractivity contribution in [1.82, 2.24) is 5.32 Å². The van der Waals surface area contributed by atoms with Gasteiger partial charge in [0.25, 0.3) is 0 Å². The van der Waals surface area contributed by atoms with Gasteiger partial charge < -0.3 is 14.5 Å². The minimum atomic E-state index is -2.90. The van der Waals surface area contributed by atoms with Gasteiger partial charge in [0.05, 0.1) is 11.1 Å². The maximum atomic E-state index is 13.1. The highest BCUT2D eigenvalue weighted by Gasteiger charge is 2.61. The minimum Gasteiger partial charge on any atom is -0.434 e. The molecular weight excluding hydrogens is 424 g/mol. The number of halogens is 3. The molecule has 3 rings (SSSR count). The Morgan fingerprint density at radius 2 is 1.73 bits per heavy atom. The van der Waals surface area contributed by atoms with E-state index in [1.807, 2.05) is 0 Å². The number of rotatable bonds is 11. The zero-order valence-corrected chi connectivity index (χ0v) is 20.6. The molecule has 0 aliphatic heterocycles. The van der Waals surface area contributed by atoms with E-state index in [4.69, 9.17) is 20.8 Å². The second-order valence-corrected chi connectivity index (χ2v) is 14.6. The van der Waals surface area contributed by atoms with Gasteiger partial charge in [-0.3, -0.25) is 0 Å². The van der Waals surface area contributed by atoms with Gasteiger partial charge in [-0.2, -0.15) is 8.78 Å². The van der Waals surface area contributed by atoms with Crippen LogP contribution in [0.25, 0.3) is 0 Å². The summed E-state index contributed by atoms with van der Waals surface area (Å²) < 4.78 is 37.8. The van der Waals surface area contributed by atoms with Crippen LogP contribution in [0.4, 0.5) is 8.78 Å². The number of hydrogen-bond acceptors (Lipinski definition) is 3. The molecule has 1 N–H and O–H groups in total. The molecule has 0 spiro atoms. The highest BCUT2D eigenvalue weighted by Crippen LogP contribution is 2.66. The monoisotopic (exact) mass is 459 g/mol. The lowest BCUT2D eigenvalue weighted by Crippen LogP contribution is -2.41. The summed E-state index contributed by atoms with van der Waals surface area (Å²) in [5.74, 6) is 1.71. The molecule has 1 aromatic carbocycles. The quantitative estimate of drug-likeness (QED) is 0.360. The van der Waals surface area contributed by atoms with Crippen molar-refractivity contribution in [3.8, 4) is 5.75 Å². The zero-order chi connectivity index (χ0) is 22.1. The number of benzene rings is 1. The molecule has 7 heteroatoms. The van der Waals surface area contributed by atoms with E-state index in [0.717, 1.165) is 30.0 Å². The largest absolute Gasteiger partial charge is 0.434 e. The van der Waals surface area contributed by atoms with E-state index in [2.05, 4.69) is 39.9 Å². The fourth-order valence-electron chi connectivity index (χ4n) is 5.48. The molecule has 0 aromatic heterocycles. The Balaban J connectivity index is 1.81. The Bertz CT molecular complexity index is 707. The van der Waals surface area contributed by atoms with E-state index < -0.39 is 21.0 Å². The van der Waals surface area contributed by atoms with Crippen molar-refractivity contribution >= 4 is 19.9 Å². The van der Waals surface area contributed by atoms with Crippen molar-refractivity contribution in [2.75, 3.05) is 6.54 Å². The summed E-state index contributed by atoms with van der Waals surface area (Å²) in [7, 11) is -2.00. The van der Waals surface area contributed by atoms with Crippen molar-refractivity contribution in [3.05, 3.63) is 28.8 Å². The topological polar surface area (TPSA) is 30.5 Å². The summed E-state index contributed by atoms with van der Waals surface area (Å²) in [6.45, 7) is 8.86. The van der Waals surface area contributed by atoms with Crippen molar-refractivity contribution in [2.45, 2.75) is 84.3 Å². The van der Waals surface area contributed by atoms with E-state index in [0.29, 0.717) is 28.6 Å². The van der Waals surface area contributed by atoms with Crippen LogP contribution in [0, 0.1) is 17.3 Å². The van der Waals surface area contributed by atoms with Crippen LogP contribution in [-0.4, -0.2) is 27.5 Å². The van der Waals surface area contributed by atoms with Gasteiger partial charge in [-0.15, -0.1) is 0 Å². The average molecular weight is 460 g/mol. The number of hydrogen-bond donors (Lipinski definition) is 1. The highest BCUT2D eigenvalue weighted by molar-refractivity contribution is 6.73. The molecule has 4 atom stereocenters. The average Bonchev–Trinajstić information content (AvgIpc) is 3.04. The maximum absolute atomic E-state index is 13.1. The predicted octanol–water partition coefficient (Wildman–Crippen LogP) is 7.03. The van der Waals surface area contributed by atoms with Crippen LogP contribution in [0.5, 0.6) is 5.75 Å². The van der Waals surface area contributed by atoms with E-state index >= 15 is 0 Å². The lowest BCUT2D eigenvalue weighted by Gasteiger charge is -2.35. The predicted molar refractivity (Wildman–Crippen MR) is 121 cm³/mol. The number of alkyl halides is 2. The molecule has 1 unspecified atom stereocenters. The van der Waals surface area contributed by atoms with Crippen molar-refractivity contribution in [3.63, 3.8) is 0 Å². The Morgan fingerprint density at radius 3 is 2.27 bits per heavy atom. The highest BCUT2D eigenvalue weighted by atomic mass is 35.5. The van der Waals surface area contributed by atoms with E-state index in [9.17, 15) is 8.78 Å². The summed E-state index contributed by atoms with van der Waals surface area (Å²) in [6, 6.07) is 8.32. The molecule has 2 fully saturated rings. The molecule has 0 radical (unpaired) electrons. The third-order valence-electron chi connectivity index (χ3n) is 7.83. The number of fused-ring (bicyclic) bond motifs is 1. The Hall–Kier alpha value is -0.693. The van der Waals surface area contributed by atoms with Crippen molar-refractivity contribution < 1.29 is 17.9 Å². The molecule has 0 saturated heterocycles. The van der Waals surface area contributed by atoms with Gasteiger partial charge in [-0.05, 0) is 60.4 Å². The minimum absolute atomic E-state index is 0.117. The van der Waals surface area contributed by atoms with Crippen LogP contribution in [0.15, 0.2) is 18.2 Å². The fraction of sp³-hybridized carbons (Fsp3) is 0.739. The Labute approximate surface area is 186 Å². The summed E-state index contributed by atoms with van der Waals surface area (Å²) in [5, 5.41) is 4.10. The Morgan fingerprint density at radius 1 is 1.13 bits per heavy atom.